The van der Waals surface area contributed by atoms with Gasteiger partial charge in [0.1, 0.15) is 0 Å². The summed E-state index contributed by atoms with van der Waals surface area (Å²) in [6.45, 7) is 13.3. The van der Waals surface area contributed by atoms with E-state index in [1.165, 1.54) is 25.1 Å². The molecule has 1 saturated carbocycles. The molecule has 1 saturated heterocycles. The Morgan fingerprint density at radius 1 is 1.29 bits per heavy atom. The van der Waals surface area contributed by atoms with Gasteiger partial charge in [-0.25, -0.2) is 0 Å². The zero-order chi connectivity index (χ0) is 10.6. The van der Waals surface area contributed by atoms with E-state index in [4.69, 9.17) is 0 Å². The zero-order valence-corrected chi connectivity index (χ0v) is 9.93. The fourth-order valence-corrected chi connectivity index (χ4v) is 2.63. The van der Waals surface area contributed by atoms with Crippen LogP contribution in [0, 0.1) is 0 Å². The molecule has 14 heavy (non-hydrogen) atoms. The molecule has 2 heteroatoms. The van der Waals surface area contributed by atoms with Crippen LogP contribution in [0.15, 0.2) is 12.3 Å². The Bertz CT molecular complexity index is 258. The van der Waals surface area contributed by atoms with Gasteiger partial charge in [0, 0.05) is 36.9 Å². The average molecular weight is 194 g/mol. The molecule has 0 bridgehead atoms. The van der Waals surface area contributed by atoms with Crippen molar-refractivity contribution in [3.8, 4) is 0 Å². The lowest BCUT2D eigenvalue weighted by molar-refractivity contribution is 0.0276. The van der Waals surface area contributed by atoms with Crippen molar-refractivity contribution in [3.05, 3.63) is 12.3 Å². The molecule has 0 unspecified atom stereocenters. The lowest BCUT2D eigenvalue weighted by atomic mass is 9.98. The number of hydrogen-bond donors (Lipinski definition) is 0. The highest BCUT2D eigenvalue weighted by molar-refractivity contribution is 5.17. The number of nitrogens with zero attached hydrogens (tertiary/aromatic N) is 2. The Labute approximate surface area is 87.6 Å². The van der Waals surface area contributed by atoms with E-state index in [0.29, 0.717) is 5.54 Å². The summed E-state index contributed by atoms with van der Waals surface area (Å²) in [7, 11) is 2.17. The molecule has 2 rings (SSSR count). The Morgan fingerprint density at radius 2 is 1.86 bits per heavy atom. The van der Waals surface area contributed by atoms with Gasteiger partial charge in [-0.05, 0) is 33.6 Å². The predicted octanol–water partition coefficient (Wildman–Crippen LogP) is 2.08. The van der Waals surface area contributed by atoms with E-state index in [1.807, 2.05) is 0 Å². The minimum absolute atomic E-state index is 0.278. The van der Waals surface area contributed by atoms with Crippen LogP contribution in [-0.4, -0.2) is 41.0 Å². The molecule has 80 valence electrons. The van der Waals surface area contributed by atoms with E-state index < -0.39 is 0 Å². The van der Waals surface area contributed by atoms with E-state index in [2.05, 4.69) is 44.2 Å². The van der Waals surface area contributed by atoms with Gasteiger partial charge in [0.25, 0.3) is 0 Å². The molecule has 0 radical (unpaired) electrons. The molecule has 0 aromatic heterocycles. The maximum absolute atomic E-state index is 4.14. The monoisotopic (exact) mass is 194 g/mol. The average Bonchev–Trinajstić information content (AvgIpc) is 2.76. The van der Waals surface area contributed by atoms with Crippen LogP contribution in [-0.2, 0) is 0 Å². The highest BCUT2D eigenvalue weighted by Crippen LogP contribution is 2.48. The van der Waals surface area contributed by atoms with E-state index in [-0.39, 0.29) is 5.54 Å². The van der Waals surface area contributed by atoms with Crippen molar-refractivity contribution in [1.82, 2.24) is 9.80 Å². The summed E-state index contributed by atoms with van der Waals surface area (Å²) >= 11 is 0. The van der Waals surface area contributed by atoms with Gasteiger partial charge in [-0.3, -0.25) is 4.90 Å². The van der Waals surface area contributed by atoms with Crippen LogP contribution in [0.1, 0.15) is 33.6 Å². The van der Waals surface area contributed by atoms with Crippen molar-refractivity contribution in [2.45, 2.75) is 44.7 Å². The first kappa shape index (κ1) is 10.0. The molecular weight excluding hydrogens is 172 g/mol. The number of hydrogen-bond acceptors (Lipinski definition) is 2. The van der Waals surface area contributed by atoms with Gasteiger partial charge in [0.15, 0.2) is 0 Å². The molecular formula is C12H22N2. The fraction of sp³-hybridized carbons (Fsp3) is 0.833. The molecule has 0 atom stereocenters. The van der Waals surface area contributed by atoms with Crippen LogP contribution in [0.5, 0.6) is 0 Å². The summed E-state index contributed by atoms with van der Waals surface area (Å²) in [5, 5.41) is 0. The maximum atomic E-state index is 4.14. The number of likely N-dealkylation sites (N-methyl/N-ethyl adjacent to an activating group) is 1. The Balaban J connectivity index is 2.20. The zero-order valence-electron chi connectivity index (χ0n) is 9.93. The second kappa shape index (κ2) is 2.75. The third kappa shape index (κ3) is 1.46. The Morgan fingerprint density at radius 3 is 2.29 bits per heavy atom. The van der Waals surface area contributed by atoms with E-state index in [9.17, 15) is 0 Å². The predicted molar refractivity (Wildman–Crippen MR) is 60.2 cm³/mol. The number of piperazine rings is 1. The lowest BCUT2D eigenvalue weighted by Crippen LogP contribution is -2.59. The minimum atomic E-state index is 0.278. The second-order valence-corrected chi connectivity index (χ2v) is 5.90. The lowest BCUT2D eigenvalue weighted by Gasteiger charge is -2.49. The van der Waals surface area contributed by atoms with Gasteiger partial charge in [-0.15, -0.1) is 0 Å². The van der Waals surface area contributed by atoms with Crippen molar-refractivity contribution in [2.24, 2.45) is 0 Å². The smallest absolute Gasteiger partial charge is 0.0394 e. The van der Waals surface area contributed by atoms with Crippen LogP contribution < -0.4 is 0 Å². The molecule has 0 N–H and O–H groups in total. The molecule has 1 aliphatic heterocycles. The van der Waals surface area contributed by atoms with Crippen LogP contribution >= 0.6 is 0 Å². The fourth-order valence-electron chi connectivity index (χ4n) is 2.63. The topological polar surface area (TPSA) is 6.48 Å². The standard InChI is InChI=1S/C12H22N2/c1-10-8-14(11(2,3)4)12(6-7-12)9-13(10)5/h1,6-9H2,2-5H3. The quantitative estimate of drug-likeness (QED) is 0.582. The summed E-state index contributed by atoms with van der Waals surface area (Å²) in [4.78, 5) is 4.97. The summed E-state index contributed by atoms with van der Waals surface area (Å²) in [6, 6.07) is 0. The molecule has 1 heterocycles. The Hall–Kier alpha value is -0.500. The van der Waals surface area contributed by atoms with Crippen molar-refractivity contribution in [1.29, 1.82) is 0 Å². The van der Waals surface area contributed by atoms with Crippen molar-refractivity contribution in [3.63, 3.8) is 0 Å². The van der Waals surface area contributed by atoms with Crippen LogP contribution in [0.2, 0.25) is 0 Å². The SMILES string of the molecule is C=C1CN(C(C)(C)C)C2(CC2)CN1C. The molecule has 0 aromatic rings. The molecule has 1 aliphatic carbocycles. The van der Waals surface area contributed by atoms with Crippen molar-refractivity contribution >= 4 is 0 Å². The van der Waals surface area contributed by atoms with E-state index >= 15 is 0 Å². The normalized spacial score (nSPS) is 27.1. The first-order chi connectivity index (χ1) is 6.35. The van der Waals surface area contributed by atoms with Crippen LogP contribution in [0.4, 0.5) is 0 Å². The summed E-state index contributed by atoms with van der Waals surface area (Å²) < 4.78 is 0. The van der Waals surface area contributed by atoms with E-state index in [1.54, 1.807) is 0 Å². The van der Waals surface area contributed by atoms with Gasteiger partial charge in [0.05, 0.1) is 0 Å². The summed E-state index contributed by atoms with van der Waals surface area (Å²) in [6.07, 6.45) is 2.73. The first-order valence-corrected chi connectivity index (χ1v) is 5.52. The molecule has 2 aliphatic rings. The van der Waals surface area contributed by atoms with Crippen LogP contribution in [0.3, 0.4) is 0 Å². The Kier molecular flexibility index (Phi) is 1.97. The van der Waals surface area contributed by atoms with Gasteiger partial charge < -0.3 is 4.90 Å². The van der Waals surface area contributed by atoms with Gasteiger partial charge in [0.2, 0.25) is 0 Å². The minimum Gasteiger partial charge on any atom is -0.375 e. The molecule has 2 fully saturated rings. The summed E-state index contributed by atoms with van der Waals surface area (Å²) in [5.41, 5.74) is 2.02. The molecule has 0 amide bonds. The third-order valence-corrected chi connectivity index (χ3v) is 3.62. The number of rotatable bonds is 0. The van der Waals surface area contributed by atoms with Gasteiger partial charge >= 0.3 is 0 Å². The third-order valence-electron chi connectivity index (χ3n) is 3.62. The maximum Gasteiger partial charge on any atom is 0.0394 e. The molecule has 2 nitrogen and oxygen atoms in total. The van der Waals surface area contributed by atoms with E-state index in [0.717, 1.165) is 6.54 Å². The highest BCUT2D eigenvalue weighted by Gasteiger charge is 2.54. The highest BCUT2D eigenvalue weighted by atomic mass is 15.4. The van der Waals surface area contributed by atoms with Gasteiger partial charge in [-0.1, -0.05) is 6.58 Å². The second-order valence-electron chi connectivity index (χ2n) is 5.90. The van der Waals surface area contributed by atoms with Crippen molar-refractivity contribution in [2.75, 3.05) is 20.1 Å². The van der Waals surface area contributed by atoms with Crippen molar-refractivity contribution < 1.29 is 0 Å². The molecule has 0 aromatic carbocycles. The first-order valence-electron chi connectivity index (χ1n) is 5.52. The molecule has 1 spiro atoms. The van der Waals surface area contributed by atoms with Crippen LogP contribution in [0.25, 0.3) is 0 Å². The largest absolute Gasteiger partial charge is 0.375 e. The summed E-state index contributed by atoms with van der Waals surface area (Å²) in [5.74, 6) is 0. The van der Waals surface area contributed by atoms with Gasteiger partial charge in [-0.2, -0.15) is 0 Å².